The van der Waals surface area contributed by atoms with Gasteiger partial charge in [-0.15, -0.1) is 0 Å². The average molecular weight is 438 g/mol. The first kappa shape index (κ1) is 22.1. The van der Waals surface area contributed by atoms with Crippen LogP contribution in [0.15, 0.2) is 24.7 Å². The van der Waals surface area contributed by atoms with E-state index in [2.05, 4.69) is 17.0 Å². The molecule has 6 atom stereocenters. The highest BCUT2D eigenvalue weighted by Crippen LogP contribution is 2.52. The quantitative estimate of drug-likeness (QED) is 0.643. The van der Waals surface area contributed by atoms with Crippen molar-refractivity contribution in [3.63, 3.8) is 0 Å². The zero-order chi connectivity index (χ0) is 22.3. The van der Waals surface area contributed by atoms with Gasteiger partial charge in [-0.25, -0.2) is 0 Å². The molecule has 0 aliphatic heterocycles. The Morgan fingerprint density at radius 2 is 2.03 bits per heavy atom. The number of hydrogen-bond donors (Lipinski definition) is 1. The summed E-state index contributed by atoms with van der Waals surface area (Å²) in [5, 5.41) is 16.0. The van der Waals surface area contributed by atoms with E-state index in [9.17, 15) is 9.90 Å². The van der Waals surface area contributed by atoms with Crippen LogP contribution in [-0.4, -0.2) is 31.3 Å². The molecule has 2 heterocycles. The van der Waals surface area contributed by atoms with E-state index >= 15 is 0 Å². The van der Waals surface area contributed by atoms with Gasteiger partial charge >= 0.3 is 0 Å². The monoisotopic (exact) mass is 437 g/mol. The van der Waals surface area contributed by atoms with Crippen LogP contribution in [-0.2, 0) is 11.3 Å². The summed E-state index contributed by atoms with van der Waals surface area (Å²) in [6.07, 6.45) is 18.2. The molecule has 2 aromatic rings. The zero-order valence-corrected chi connectivity index (χ0v) is 19.8. The number of carbonyl (C=O) groups is 1. The fourth-order valence-corrected chi connectivity index (χ4v) is 7.59. The van der Waals surface area contributed by atoms with Gasteiger partial charge in [0.15, 0.2) is 5.78 Å². The van der Waals surface area contributed by atoms with Gasteiger partial charge < -0.3 is 5.11 Å². The Kier molecular flexibility index (Phi) is 5.90. The number of fused-ring (bicyclic) bond motifs is 2. The molecule has 6 unspecified atom stereocenters. The van der Waals surface area contributed by atoms with Crippen molar-refractivity contribution in [1.29, 1.82) is 0 Å². The van der Waals surface area contributed by atoms with Crippen molar-refractivity contribution in [2.75, 3.05) is 0 Å². The molecule has 174 valence electrons. The second-order valence-corrected chi connectivity index (χ2v) is 11.7. The third-order valence-corrected chi connectivity index (χ3v) is 9.38. The van der Waals surface area contributed by atoms with Crippen LogP contribution in [0.5, 0.6) is 0 Å². The minimum Gasteiger partial charge on any atom is -0.390 e. The minimum atomic E-state index is -0.454. The smallest absolute Gasteiger partial charge is 0.157 e. The number of pyridine rings is 1. The fourth-order valence-electron chi connectivity index (χ4n) is 7.59. The molecule has 5 rings (SSSR count). The molecule has 0 amide bonds. The van der Waals surface area contributed by atoms with E-state index in [1.165, 1.54) is 38.5 Å². The zero-order valence-electron chi connectivity index (χ0n) is 19.8. The first-order valence-corrected chi connectivity index (χ1v) is 12.9. The number of rotatable bonds is 6. The molecule has 32 heavy (non-hydrogen) atoms. The van der Waals surface area contributed by atoms with Crippen molar-refractivity contribution in [2.45, 2.75) is 96.6 Å². The summed E-state index contributed by atoms with van der Waals surface area (Å²) >= 11 is 0. The lowest BCUT2D eigenvalue weighted by molar-refractivity contribution is -0.126. The molecule has 3 saturated carbocycles. The van der Waals surface area contributed by atoms with E-state index in [1.807, 2.05) is 30.1 Å². The molecule has 3 aliphatic carbocycles. The highest BCUT2D eigenvalue weighted by Gasteiger charge is 2.45. The van der Waals surface area contributed by atoms with Crippen molar-refractivity contribution in [2.24, 2.45) is 29.1 Å². The Morgan fingerprint density at radius 3 is 2.91 bits per heavy atom. The second-order valence-electron chi connectivity index (χ2n) is 11.7. The van der Waals surface area contributed by atoms with Gasteiger partial charge in [0.25, 0.3) is 0 Å². The van der Waals surface area contributed by atoms with E-state index in [0.717, 1.165) is 54.8 Å². The fraction of sp³-hybridized carbons (Fsp3) is 0.741. The van der Waals surface area contributed by atoms with Crippen LogP contribution in [0.4, 0.5) is 0 Å². The summed E-state index contributed by atoms with van der Waals surface area (Å²) in [6.45, 7) is 4.78. The summed E-state index contributed by atoms with van der Waals surface area (Å²) in [4.78, 5) is 17.6. The number of ketones is 1. The molecule has 0 spiro atoms. The van der Waals surface area contributed by atoms with Crippen molar-refractivity contribution in [1.82, 2.24) is 14.8 Å². The van der Waals surface area contributed by atoms with Crippen molar-refractivity contribution < 1.29 is 9.90 Å². The maximum Gasteiger partial charge on any atom is 0.157 e. The van der Waals surface area contributed by atoms with E-state index in [1.54, 1.807) is 6.20 Å². The second kappa shape index (κ2) is 8.55. The Morgan fingerprint density at radius 1 is 1.16 bits per heavy atom. The molecule has 3 fully saturated rings. The van der Waals surface area contributed by atoms with Gasteiger partial charge in [-0.05, 0) is 81.1 Å². The van der Waals surface area contributed by atoms with Crippen LogP contribution in [0.3, 0.4) is 0 Å². The van der Waals surface area contributed by atoms with Crippen LogP contribution >= 0.6 is 0 Å². The number of nitrogens with zero attached hydrogens (tertiary/aromatic N) is 3. The molecule has 0 saturated heterocycles. The molecular weight excluding hydrogens is 398 g/mol. The highest BCUT2D eigenvalue weighted by molar-refractivity contribution is 5.84. The van der Waals surface area contributed by atoms with Crippen molar-refractivity contribution in [3.05, 3.63) is 24.7 Å². The Labute approximate surface area is 192 Å². The molecule has 5 nitrogen and oxygen atoms in total. The molecule has 1 N–H and O–H groups in total. The van der Waals surface area contributed by atoms with Crippen LogP contribution in [0.2, 0.25) is 0 Å². The lowest BCUT2D eigenvalue weighted by Gasteiger charge is -2.47. The molecule has 5 heteroatoms. The Hall–Kier alpha value is -1.75. The first-order valence-electron chi connectivity index (χ1n) is 12.9. The summed E-state index contributed by atoms with van der Waals surface area (Å²) in [6, 6.07) is 1.95. The number of aliphatic hydroxyl groups is 1. The Bertz CT molecular complexity index is 967. The standard InChI is InChI=1S/C27H39N3O2/c1-26(12-8-19-5-3-6-20-15-27(2,32)13-9-22(19)20)11-4-7-23(26)25(31)18-30-24-10-14-28-16-21(24)17-29-30/h10,14,16-17,19-20,22-23,32H,3-9,11-13,15,18H2,1-2H3. The maximum absolute atomic E-state index is 13.4. The average Bonchev–Trinajstić information content (AvgIpc) is 3.35. The SMILES string of the molecule is CC1(O)CCC2C(CCC3(C)CCCC3C(=O)Cn3ncc4cnccc43)CCCC2C1. The lowest BCUT2D eigenvalue weighted by atomic mass is 9.60. The maximum atomic E-state index is 13.4. The predicted molar refractivity (Wildman–Crippen MR) is 126 cm³/mol. The van der Waals surface area contributed by atoms with Gasteiger partial charge in [0, 0.05) is 23.7 Å². The van der Waals surface area contributed by atoms with Gasteiger partial charge in [0.05, 0.1) is 17.3 Å². The highest BCUT2D eigenvalue weighted by atomic mass is 16.3. The van der Waals surface area contributed by atoms with Crippen molar-refractivity contribution in [3.8, 4) is 0 Å². The third kappa shape index (κ3) is 4.25. The van der Waals surface area contributed by atoms with Gasteiger partial charge in [-0.1, -0.05) is 32.6 Å². The first-order chi connectivity index (χ1) is 15.3. The number of carbonyl (C=O) groups excluding carboxylic acids is 1. The number of Topliss-reactive ketones (excluding diaryl/α,β-unsaturated/α-hetero) is 1. The third-order valence-electron chi connectivity index (χ3n) is 9.38. The van der Waals surface area contributed by atoms with E-state index < -0.39 is 5.60 Å². The number of aromatic nitrogens is 3. The molecule has 0 radical (unpaired) electrons. The van der Waals surface area contributed by atoms with Crippen LogP contribution in [0, 0.1) is 29.1 Å². The lowest BCUT2D eigenvalue weighted by Crippen LogP contribution is -2.41. The van der Waals surface area contributed by atoms with Crippen LogP contribution < -0.4 is 0 Å². The van der Waals surface area contributed by atoms with E-state index in [4.69, 9.17) is 0 Å². The minimum absolute atomic E-state index is 0.120. The Balaban J connectivity index is 1.23. The summed E-state index contributed by atoms with van der Waals surface area (Å²) in [5.41, 5.74) is 0.661. The summed E-state index contributed by atoms with van der Waals surface area (Å²) in [5.74, 6) is 2.76. The van der Waals surface area contributed by atoms with Gasteiger partial charge in [-0.3, -0.25) is 14.5 Å². The van der Waals surface area contributed by atoms with Gasteiger partial charge in [-0.2, -0.15) is 5.10 Å². The van der Waals surface area contributed by atoms with E-state index in [0.29, 0.717) is 18.2 Å². The molecule has 0 bridgehead atoms. The largest absolute Gasteiger partial charge is 0.390 e. The summed E-state index contributed by atoms with van der Waals surface area (Å²) < 4.78 is 1.86. The molecule has 3 aliphatic rings. The number of hydrogen-bond acceptors (Lipinski definition) is 4. The van der Waals surface area contributed by atoms with Gasteiger partial charge in [0.2, 0.25) is 0 Å². The van der Waals surface area contributed by atoms with Crippen LogP contribution in [0.25, 0.3) is 10.9 Å². The normalized spacial score (nSPS) is 37.5. The molecule has 0 aromatic carbocycles. The topological polar surface area (TPSA) is 68.0 Å². The van der Waals surface area contributed by atoms with Crippen LogP contribution in [0.1, 0.15) is 84.5 Å². The van der Waals surface area contributed by atoms with Crippen molar-refractivity contribution >= 4 is 16.7 Å². The van der Waals surface area contributed by atoms with Gasteiger partial charge in [0.1, 0.15) is 6.54 Å². The van der Waals surface area contributed by atoms with E-state index in [-0.39, 0.29) is 11.3 Å². The summed E-state index contributed by atoms with van der Waals surface area (Å²) in [7, 11) is 0. The predicted octanol–water partition coefficient (Wildman–Crippen LogP) is 5.55. The molecular formula is C27H39N3O2. The molecule has 2 aromatic heterocycles.